The average Bonchev–Trinajstić information content (AvgIpc) is 2.04. The highest BCUT2D eigenvalue weighted by molar-refractivity contribution is 5.81. The van der Waals surface area contributed by atoms with Crippen molar-refractivity contribution in [1.29, 1.82) is 0 Å². The minimum Gasteiger partial charge on any atom is -0.355 e. The zero-order chi connectivity index (χ0) is 10.3. The number of amides is 1. The van der Waals surface area contributed by atoms with E-state index in [1.807, 2.05) is 6.92 Å². The second-order valence-electron chi connectivity index (χ2n) is 3.87. The summed E-state index contributed by atoms with van der Waals surface area (Å²) in [7, 11) is 0. The molecule has 0 aliphatic rings. The van der Waals surface area contributed by atoms with Gasteiger partial charge in [-0.1, -0.05) is 27.2 Å². The molecule has 0 aliphatic heterocycles. The van der Waals surface area contributed by atoms with Gasteiger partial charge in [0.05, 0.1) is 6.04 Å². The Morgan fingerprint density at radius 3 is 2.46 bits per heavy atom. The van der Waals surface area contributed by atoms with Crippen molar-refractivity contribution in [3.05, 3.63) is 0 Å². The SMILES string of the molecule is CCC[C@H](N)C(=O)NCCC(C)C. The Labute approximate surface area is 81.1 Å². The standard InChI is InChI=1S/C10H22N2O/c1-4-5-9(11)10(13)12-7-6-8(2)3/h8-9H,4-7,11H2,1-3H3,(H,12,13)/t9-/m0/s1. The summed E-state index contributed by atoms with van der Waals surface area (Å²) in [4.78, 5) is 11.3. The molecule has 78 valence electrons. The Morgan fingerprint density at radius 2 is 2.00 bits per heavy atom. The van der Waals surface area contributed by atoms with Gasteiger partial charge >= 0.3 is 0 Å². The molecule has 0 radical (unpaired) electrons. The molecule has 0 rings (SSSR count). The third-order valence-electron chi connectivity index (χ3n) is 1.96. The van der Waals surface area contributed by atoms with E-state index < -0.39 is 0 Å². The molecule has 0 saturated heterocycles. The number of nitrogens with two attached hydrogens (primary N) is 1. The highest BCUT2D eigenvalue weighted by Gasteiger charge is 2.10. The van der Waals surface area contributed by atoms with E-state index in [0.29, 0.717) is 5.92 Å². The van der Waals surface area contributed by atoms with Crippen molar-refractivity contribution >= 4 is 5.91 Å². The summed E-state index contributed by atoms with van der Waals surface area (Å²) in [5.74, 6) is 0.616. The molecule has 13 heavy (non-hydrogen) atoms. The van der Waals surface area contributed by atoms with Crippen LogP contribution in [0, 0.1) is 5.92 Å². The van der Waals surface area contributed by atoms with Gasteiger partial charge in [0.15, 0.2) is 0 Å². The molecule has 1 atom stereocenters. The predicted octanol–water partition coefficient (Wildman–Crippen LogP) is 1.28. The third-order valence-corrected chi connectivity index (χ3v) is 1.96. The van der Waals surface area contributed by atoms with Gasteiger partial charge in [-0.25, -0.2) is 0 Å². The van der Waals surface area contributed by atoms with Crippen molar-refractivity contribution in [3.8, 4) is 0 Å². The first-order valence-corrected chi connectivity index (χ1v) is 5.11. The molecule has 0 aromatic carbocycles. The lowest BCUT2D eigenvalue weighted by atomic mass is 10.1. The first-order valence-electron chi connectivity index (χ1n) is 5.11. The van der Waals surface area contributed by atoms with E-state index in [0.717, 1.165) is 25.8 Å². The molecule has 3 heteroatoms. The predicted molar refractivity (Wildman–Crippen MR) is 55.3 cm³/mol. The highest BCUT2D eigenvalue weighted by Crippen LogP contribution is 1.97. The van der Waals surface area contributed by atoms with Gasteiger partial charge in [-0.15, -0.1) is 0 Å². The zero-order valence-electron chi connectivity index (χ0n) is 8.97. The molecule has 0 aliphatic carbocycles. The first-order chi connectivity index (χ1) is 6.07. The van der Waals surface area contributed by atoms with Crippen LogP contribution in [0.2, 0.25) is 0 Å². The van der Waals surface area contributed by atoms with E-state index in [4.69, 9.17) is 5.73 Å². The van der Waals surface area contributed by atoms with Crippen LogP contribution in [0.25, 0.3) is 0 Å². The molecule has 0 spiro atoms. The van der Waals surface area contributed by atoms with Crippen LogP contribution in [0.3, 0.4) is 0 Å². The fourth-order valence-electron chi connectivity index (χ4n) is 1.06. The maximum absolute atomic E-state index is 11.3. The number of hydrogen-bond acceptors (Lipinski definition) is 2. The van der Waals surface area contributed by atoms with Gasteiger partial charge in [0, 0.05) is 6.54 Å². The fourth-order valence-corrected chi connectivity index (χ4v) is 1.06. The molecule has 0 heterocycles. The number of carbonyl (C=O) groups excluding carboxylic acids is 1. The molecule has 1 amide bonds. The van der Waals surface area contributed by atoms with Crippen molar-refractivity contribution in [2.75, 3.05) is 6.54 Å². The smallest absolute Gasteiger partial charge is 0.236 e. The molecule has 0 unspecified atom stereocenters. The Kier molecular flexibility index (Phi) is 6.59. The van der Waals surface area contributed by atoms with Gasteiger partial charge in [0.1, 0.15) is 0 Å². The zero-order valence-corrected chi connectivity index (χ0v) is 8.97. The van der Waals surface area contributed by atoms with Crippen LogP contribution in [0.4, 0.5) is 0 Å². The Bertz CT molecular complexity index is 146. The van der Waals surface area contributed by atoms with Crippen molar-refractivity contribution in [3.63, 3.8) is 0 Å². The monoisotopic (exact) mass is 186 g/mol. The van der Waals surface area contributed by atoms with Crippen LogP contribution in [0.1, 0.15) is 40.0 Å². The summed E-state index contributed by atoms with van der Waals surface area (Å²) in [5.41, 5.74) is 5.63. The molecule has 3 N–H and O–H groups in total. The minimum absolute atomic E-state index is 0.0116. The van der Waals surface area contributed by atoms with E-state index in [1.165, 1.54) is 0 Å². The molecule has 0 bridgehead atoms. The van der Waals surface area contributed by atoms with Crippen LogP contribution in [-0.2, 0) is 4.79 Å². The van der Waals surface area contributed by atoms with E-state index in [9.17, 15) is 4.79 Å². The number of rotatable bonds is 6. The molecule has 0 saturated carbocycles. The Balaban J connectivity index is 3.50. The van der Waals surface area contributed by atoms with Gasteiger partial charge in [-0.3, -0.25) is 4.79 Å². The molecule has 0 aromatic heterocycles. The summed E-state index contributed by atoms with van der Waals surface area (Å²) in [6.07, 6.45) is 2.75. The van der Waals surface area contributed by atoms with Gasteiger partial charge in [0.2, 0.25) is 5.91 Å². The molecule has 3 nitrogen and oxygen atoms in total. The lowest BCUT2D eigenvalue weighted by molar-refractivity contribution is -0.122. The minimum atomic E-state index is -0.322. The molecule has 0 fully saturated rings. The van der Waals surface area contributed by atoms with Gasteiger partial charge in [-0.2, -0.15) is 0 Å². The van der Waals surface area contributed by atoms with E-state index >= 15 is 0 Å². The fraction of sp³-hybridized carbons (Fsp3) is 0.900. The third kappa shape index (κ3) is 6.58. The number of nitrogens with one attached hydrogen (secondary N) is 1. The summed E-state index contributed by atoms with van der Waals surface area (Å²) < 4.78 is 0. The van der Waals surface area contributed by atoms with Crippen molar-refractivity contribution in [2.24, 2.45) is 11.7 Å². The topological polar surface area (TPSA) is 55.1 Å². The Hall–Kier alpha value is -0.570. The van der Waals surface area contributed by atoms with E-state index in [2.05, 4.69) is 19.2 Å². The van der Waals surface area contributed by atoms with Crippen LogP contribution >= 0.6 is 0 Å². The second-order valence-corrected chi connectivity index (χ2v) is 3.87. The summed E-state index contributed by atoms with van der Waals surface area (Å²) in [6.45, 7) is 7.05. The van der Waals surface area contributed by atoms with Crippen molar-refractivity contribution in [1.82, 2.24) is 5.32 Å². The molecular formula is C10H22N2O. The highest BCUT2D eigenvalue weighted by atomic mass is 16.2. The van der Waals surface area contributed by atoms with Crippen LogP contribution in [0.5, 0.6) is 0 Å². The summed E-state index contributed by atoms with van der Waals surface area (Å²) in [5, 5.41) is 2.83. The first kappa shape index (κ1) is 12.4. The number of carbonyl (C=O) groups is 1. The lowest BCUT2D eigenvalue weighted by Crippen LogP contribution is -2.40. The Morgan fingerprint density at radius 1 is 1.38 bits per heavy atom. The van der Waals surface area contributed by atoms with Gasteiger partial charge < -0.3 is 11.1 Å². The normalized spacial score (nSPS) is 13.0. The quantitative estimate of drug-likeness (QED) is 0.656. The summed E-state index contributed by atoms with van der Waals surface area (Å²) in [6, 6.07) is -0.322. The van der Waals surface area contributed by atoms with Gasteiger partial charge in [0.25, 0.3) is 0 Å². The summed E-state index contributed by atoms with van der Waals surface area (Å²) >= 11 is 0. The molecular weight excluding hydrogens is 164 g/mol. The van der Waals surface area contributed by atoms with E-state index in [1.54, 1.807) is 0 Å². The largest absolute Gasteiger partial charge is 0.355 e. The average molecular weight is 186 g/mol. The van der Waals surface area contributed by atoms with Crippen molar-refractivity contribution < 1.29 is 4.79 Å². The second kappa shape index (κ2) is 6.89. The van der Waals surface area contributed by atoms with E-state index in [-0.39, 0.29) is 11.9 Å². The lowest BCUT2D eigenvalue weighted by Gasteiger charge is -2.11. The van der Waals surface area contributed by atoms with Crippen molar-refractivity contribution in [2.45, 2.75) is 46.1 Å². The van der Waals surface area contributed by atoms with Crippen LogP contribution in [-0.4, -0.2) is 18.5 Å². The number of hydrogen-bond donors (Lipinski definition) is 2. The van der Waals surface area contributed by atoms with Crippen LogP contribution < -0.4 is 11.1 Å². The maximum Gasteiger partial charge on any atom is 0.236 e. The van der Waals surface area contributed by atoms with Gasteiger partial charge in [-0.05, 0) is 18.8 Å². The maximum atomic E-state index is 11.3. The molecule has 0 aromatic rings. The van der Waals surface area contributed by atoms with Crippen LogP contribution in [0.15, 0.2) is 0 Å².